The lowest BCUT2D eigenvalue weighted by atomic mass is 10.2. The zero-order valence-corrected chi connectivity index (χ0v) is 15.7. The lowest BCUT2D eigenvalue weighted by Gasteiger charge is -2.10. The first-order chi connectivity index (χ1) is 12.5. The molecule has 5 nitrogen and oxygen atoms in total. The lowest BCUT2D eigenvalue weighted by molar-refractivity contribution is -0.384. The number of nitro groups is 1. The third-order valence-corrected chi connectivity index (χ3v) is 5.71. The van der Waals surface area contributed by atoms with Crippen molar-refractivity contribution in [3.8, 4) is 0 Å². The summed E-state index contributed by atoms with van der Waals surface area (Å²) in [5, 5.41) is 17.9. The molecule has 2 aromatic carbocycles. The van der Waals surface area contributed by atoms with Gasteiger partial charge in [-0.05, 0) is 46.7 Å². The standard InChI is InChI=1S/C18H13ClN2O3S2/c19-14-6-5-13(9-16(14)21(23)24)18(22)20-15-3-1-2-4-17(15)26-11-12-7-8-25-10-12/h1-10H,11H2,(H,20,22). The molecule has 0 aliphatic heterocycles. The number of hydrogen-bond donors (Lipinski definition) is 1. The Bertz CT molecular complexity index is 945. The number of halogens is 1. The van der Waals surface area contributed by atoms with E-state index >= 15 is 0 Å². The SMILES string of the molecule is O=C(Nc1ccccc1SCc1ccsc1)c1ccc(Cl)c([N+](=O)[O-])c1. The second-order valence-corrected chi connectivity index (χ2v) is 7.50. The average molecular weight is 405 g/mol. The fourth-order valence-corrected chi connectivity index (χ4v) is 4.13. The molecule has 0 aliphatic rings. The Morgan fingerprint density at radius 3 is 2.77 bits per heavy atom. The molecule has 3 rings (SSSR count). The maximum atomic E-state index is 12.5. The minimum atomic E-state index is -0.607. The van der Waals surface area contributed by atoms with Crippen molar-refractivity contribution in [1.82, 2.24) is 0 Å². The number of nitrogens with one attached hydrogen (secondary N) is 1. The summed E-state index contributed by atoms with van der Waals surface area (Å²) in [4.78, 5) is 23.8. The average Bonchev–Trinajstić information content (AvgIpc) is 3.14. The van der Waals surface area contributed by atoms with Gasteiger partial charge in [0.05, 0.1) is 10.6 Å². The number of carbonyl (C=O) groups is 1. The molecular formula is C18H13ClN2O3S2. The fourth-order valence-electron chi connectivity index (χ4n) is 2.22. The number of nitro benzene ring substituents is 1. The second kappa shape index (κ2) is 8.35. The summed E-state index contributed by atoms with van der Waals surface area (Å²) in [6.45, 7) is 0. The van der Waals surface area contributed by atoms with Crippen LogP contribution in [0.4, 0.5) is 11.4 Å². The van der Waals surface area contributed by atoms with Gasteiger partial charge in [-0.15, -0.1) is 11.8 Å². The van der Waals surface area contributed by atoms with Gasteiger partial charge in [0, 0.05) is 22.3 Å². The van der Waals surface area contributed by atoms with Crippen molar-refractivity contribution in [2.24, 2.45) is 0 Å². The van der Waals surface area contributed by atoms with Crippen LogP contribution in [-0.2, 0) is 5.75 Å². The number of thioether (sulfide) groups is 1. The van der Waals surface area contributed by atoms with Gasteiger partial charge in [-0.1, -0.05) is 23.7 Å². The van der Waals surface area contributed by atoms with Crippen LogP contribution in [0, 0.1) is 10.1 Å². The van der Waals surface area contributed by atoms with Gasteiger partial charge >= 0.3 is 0 Å². The summed E-state index contributed by atoms with van der Waals surface area (Å²) in [7, 11) is 0. The second-order valence-electron chi connectivity index (χ2n) is 5.29. The van der Waals surface area contributed by atoms with E-state index in [4.69, 9.17) is 11.6 Å². The normalized spacial score (nSPS) is 10.5. The minimum Gasteiger partial charge on any atom is -0.321 e. The van der Waals surface area contributed by atoms with Crippen LogP contribution in [0.3, 0.4) is 0 Å². The first kappa shape index (κ1) is 18.4. The van der Waals surface area contributed by atoms with Gasteiger partial charge in [0.1, 0.15) is 5.02 Å². The number of hydrogen-bond acceptors (Lipinski definition) is 5. The molecule has 1 aromatic heterocycles. The van der Waals surface area contributed by atoms with Gasteiger partial charge in [-0.25, -0.2) is 0 Å². The van der Waals surface area contributed by atoms with Crippen LogP contribution in [-0.4, -0.2) is 10.8 Å². The molecule has 1 heterocycles. The zero-order chi connectivity index (χ0) is 18.5. The Labute approximate surface area is 163 Å². The van der Waals surface area contributed by atoms with Crippen molar-refractivity contribution < 1.29 is 9.72 Å². The van der Waals surface area contributed by atoms with Crippen LogP contribution in [0.5, 0.6) is 0 Å². The highest BCUT2D eigenvalue weighted by Gasteiger charge is 2.17. The van der Waals surface area contributed by atoms with E-state index in [-0.39, 0.29) is 16.3 Å². The molecule has 0 saturated carbocycles. The Hall–Kier alpha value is -2.35. The molecule has 0 saturated heterocycles. The molecule has 1 N–H and O–H groups in total. The Morgan fingerprint density at radius 1 is 1.23 bits per heavy atom. The first-order valence-electron chi connectivity index (χ1n) is 7.53. The zero-order valence-electron chi connectivity index (χ0n) is 13.3. The van der Waals surface area contributed by atoms with Gasteiger partial charge in [0.2, 0.25) is 0 Å². The van der Waals surface area contributed by atoms with E-state index in [0.717, 1.165) is 10.6 Å². The summed E-state index contributed by atoms with van der Waals surface area (Å²) in [6, 6.07) is 13.5. The lowest BCUT2D eigenvalue weighted by Crippen LogP contribution is -2.12. The molecule has 132 valence electrons. The predicted octanol–water partition coefficient (Wildman–Crippen LogP) is 5.85. The number of rotatable bonds is 6. The van der Waals surface area contributed by atoms with Gasteiger partial charge in [-0.2, -0.15) is 11.3 Å². The van der Waals surface area contributed by atoms with Crippen molar-refractivity contribution in [2.45, 2.75) is 10.6 Å². The molecule has 0 spiro atoms. The third-order valence-electron chi connectivity index (χ3n) is 3.51. The molecule has 0 bridgehead atoms. The summed E-state index contributed by atoms with van der Waals surface area (Å²) >= 11 is 9.05. The molecular weight excluding hydrogens is 392 g/mol. The number of amides is 1. The van der Waals surface area contributed by atoms with Crippen LogP contribution in [0.25, 0.3) is 0 Å². The van der Waals surface area contributed by atoms with Crippen molar-refractivity contribution >= 4 is 52.0 Å². The van der Waals surface area contributed by atoms with E-state index in [1.807, 2.05) is 23.6 Å². The van der Waals surface area contributed by atoms with Crippen LogP contribution in [0.2, 0.25) is 5.02 Å². The fraction of sp³-hybridized carbons (Fsp3) is 0.0556. The topological polar surface area (TPSA) is 72.2 Å². The largest absolute Gasteiger partial charge is 0.321 e. The molecule has 0 atom stereocenters. The number of para-hydroxylation sites is 1. The summed E-state index contributed by atoms with van der Waals surface area (Å²) in [5.41, 5.74) is 1.77. The first-order valence-corrected chi connectivity index (χ1v) is 9.83. The molecule has 1 amide bonds. The van der Waals surface area contributed by atoms with E-state index in [1.165, 1.54) is 23.8 Å². The van der Waals surface area contributed by atoms with E-state index in [2.05, 4.69) is 16.8 Å². The Balaban J connectivity index is 1.77. The maximum Gasteiger partial charge on any atom is 0.288 e. The highest BCUT2D eigenvalue weighted by atomic mass is 35.5. The Kier molecular flexibility index (Phi) is 5.92. The molecule has 0 radical (unpaired) electrons. The number of nitrogens with zero attached hydrogens (tertiary/aromatic N) is 1. The molecule has 26 heavy (non-hydrogen) atoms. The van der Waals surface area contributed by atoms with Gasteiger partial charge < -0.3 is 5.32 Å². The number of carbonyl (C=O) groups excluding carboxylic acids is 1. The highest BCUT2D eigenvalue weighted by molar-refractivity contribution is 7.98. The van der Waals surface area contributed by atoms with Crippen molar-refractivity contribution in [3.63, 3.8) is 0 Å². The van der Waals surface area contributed by atoms with E-state index < -0.39 is 10.8 Å². The van der Waals surface area contributed by atoms with Crippen molar-refractivity contribution in [3.05, 3.63) is 85.6 Å². The van der Waals surface area contributed by atoms with Gasteiger partial charge in [0.15, 0.2) is 0 Å². The highest BCUT2D eigenvalue weighted by Crippen LogP contribution is 2.31. The molecule has 0 unspecified atom stereocenters. The van der Waals surface area contributed by atoms with E-state index in [1.54, 1.807) is 29.2 Å². The van der Waals surface area contributed by atoms with Gasteiger partial charge in [0.25, 0.3) is 11.6 Å². The number of thiophene rings is 1. The van der Waals surface area contributed by atoms with Crippen molar-refractivity contribution in [2.75, 3.05) is 5.32 Å². The monoisotopic (exact) mass is 404 g/mol. The van der Waals surface area contributed by atoms with E-state index in [9.17, 15) is 14.9 Å². The summed E-state index contributed by atoms with van der Waals surface area (Å²) < 4.78 is 0. The summed E-state index contributed by atoms with van der Waals surface area (Å²) in [6.07, 6.45) is 0. The van der Waals surface area contributed by atoms with E-state index in [0.29, 0.717) is 5.69 Å². The third kappa shape index (κ3) is 4.43. The molecule has 3 aromatic rings. The molecule has 0 aliphatic carbocycles. The van der Waals surface area contributed by atoms with Gasteiger partial charge in [-0.3, -0.25) is 14.9 Å². The maximum absolute atomic E-state index is 12.5. The smallest absolute Gasteiger partial charge is 0.288 e. The number of benzene rings is 2. The van der Waals surface area contributed by atoms with Crippen LogP contribution >= 0.6 is 34.7 Å². The predicted molar refractivity (Wildman–Crippen MR) is 106 cm³/mol. The summed E-state index contributed by atoms with van der Waals surface area (Å²) in [5.74, 6) is 0.372. The number of anilines is 1. The van der Waals surface area contributed by atoms with Crippen LogP contribution in [0.1, 0.15) is 15.9 Å². The molecule has 8 heteroatoms. The molecule has 0 fully saturated rings. The van der Waals surface area contributed by atoms with Crippen LogP contribution < -0.4 is 5.32 Å². The Morgan fingerprint density at radius 2 is 2.04 bits per heavy atom. The van der Waals surface area contributed by atoms with Crippen molar-refractivity contribution in [1.29, 1.82) is 0 Å². The quantitative estimate of drug-likeness (QED) is 0.317. The minimum absolute atomic E-state index is 0.00160. The van der Waals surface area contributed by atoms with Crippen LogP contribution in [0.15, 0.2) is 64.2 Å².